The normalized spacial score (nSPS) is 10.6. The SMILES string of the molecule is Cc1nc(Cc2ccc(-c3ccccc3)cc2)n[nH]1. The molecule has 0 aliphatic rings. The van der Waals surface area contributed by atoms with Crippen LogP contribution in [0.15, 0.2) is 54.6 Å². The van der Waals surface area contributed by atoms with E-state index in [1.54, 1.807) is 0 Å². The Bertz CT molecular complexity index is 654. The van der Waals surface area contributed by atoms with Crippen LogP contribution in [0.25, 0.3) is 11.1 Å². The number of aromatic nitrogens is 3. The van der Waals surface area contributed by atoms with Crippen molar-refractivity contribution >= 4 is 0 Å². The molecule has 2 aromatic carbocycles. The van der Waals surface area contributed by atoms with Crippen LogP contribution in [-0.2, 0) is 6.42 Å². The van der Waals surface area contributed by atoms with Crippen molar-refractivity contribution in [2.24, 2.45) is 0 Å². The van der Waals surface area contributed by atoms with Gasteiger partial charge in [0, 0.05) is 6.42 Å². The lowest BCUT2D eigenvalue weighted by Gasteiger charge is -2.03. The smallest absolute Gasteiger partial charge is 0.155 e. The van der Waals surface area contributed by atoms with Crippen molar-refractivity contribution in [3.63, 3.8) is 0 Å². The number of aryl methyl sites for hydroxylation is 1. The Labute approximate surface area is 112 Å². The molecule has 3 rings (SSSR count). The van der Waals surface area contributed by atoms with Crippen molar-refractivity contribution in [2.45, 2.75) is 13.3 Å². The van der Waals surface area contributed by atoms with Crippen LogP contribution in [0.4, 0.5) is 0 Å². The highest BCUT2D eigenvalue weighted by Crippen LogP contribution is 2.19. The lowest BCUT2D eigenvalue weighted by molar-refractivity contribution is 0.970. The predicted octanol–water partition coefficient (Wildman–Crippen LogP) is 3.37. The summed E-state index contributed by atoms with van der Waals surface area (Å²) in [6.07, 6.45) is 0.763. The van der Waals surface area contributed by atoms with Gasteiger partial charge in [0.2, 0.25) is 0 Å². The van der Waals surface area contributed by atoms with Crippen LogP contribution in [0.1, 0.15) is 17.2 Å². The Balaban J connectivity index is 1.79. The fraction of sp³-hybridized carbons (Fsp3) is 0.125. The fourth-order valence-corrected chi connectivity index (χ4v) is 2.10. The summed E-state index contributed by atoms with van der Waals surface area (Å²) >= 11 is 0. The largest absolute Gasteiger partial charge is 0.263 e. The number of rotatable bonds is 3. The van der Waals surface area contributed by atoms with Crippen molar-refractivity contribution in [1.82, 2.24) is 15.2 Å². The van der Waals surface area contributed by atoms with Gasteiger partial charge in [-0.15, -0.1) is 0 Å². The number of nitrogens with one attached hydrogen (secondary N) is 1. The Hall–Kier alpha value is -2.42. The number of H-pyrrole nitrogens is 1. The van der Waals surface area contributed by atoms with Crippen LogP contribution in [-0.4, -0.2) is 15.2 Å². The maximum Gasteiger partial charge on any atom is 0.155 e. The molecule has 0 atom stereocenters. The summed E-state index contributed by atoms with van der Waals surface area (Å²) in [5, 5.41) is 7.02. The summed E-state index contributed by atoms with van der Waals surface area (Å²) in [5.41, 5.74) is 3.69. The van der Waals surface area contributed by atoms with Crippen molar-refractivity contribution in [2.75, 3.05) is 0 Å². The van der Waals surface area contributed by atoms with Gasteiger partial charge in [-0.25, -0.2) is 4.98 Å². The predicted molar refractivity (Wildman–Crippen MR) is 75.8 cm³/mol. The van der Waals surface area contributed by atoms with Gasteiger partial charge < -0.3 is 0 Å². The molecule has 3 aromatic rings. The Morgan fingerprint density at radius 2 is 1.58 bits per heavy atom. The third kappa shape index (κ3) is 2.71. The van der Waals surface area contributed by atoms with Crippen LogP contribution < -0.4 is 0 Å². The number of nitrogens with zero attached hydrogens (tertiary/aromatic N) is 2. The molecule has 0 bridgehead atoms. The number of benzene rings is 2. The Morgan fingerprint density at radius 3 is 2.21 bits per heavy atom. The molecular formula is C16H15N3. The molecule has 0 amide bonds. The summed E-state index contributed by atoms with van der Waals surface area (Å²) in [6.45, 7) is 1.91. The van der Waals surface area contributed by atoms with E-state index >= 15 is 0 Å². The zero-order valence-electron chi connectivity index (χ0n) is 10.8. The number of hydrogen-bond acceptors (Lipinski definition) is 2. The van der Waals surface area contributed by atoms with Gasteiger partial charge in [-0.3, -0.25) is 5.10 Å². The molecule has 0 aliphatic heterocycles. The van der Waals surface area contributed by atoms with E-state index in [2.05, 4.69) is 63.7 Å². The van der Waals surface area contributed by atoms with Crippen molar-refractivity contribution < 1.29 is 0 Å². The monoisotopic (exact) mass is 249 g/mol. The minimum Gasteiger partial charge on any atom is -0.263 e. The van der Waals surface area contributed by atoms with Crippen LogP contribution in [0.5, 0.6) is 0 Å². The van der Waals surface area contributed by atoms with E-state index in [4.69, 9.17) is 0 Å². The average molecular weight is 249 g/mol. The van der Waals surface area contributed by atoms with E-state index in [0.29, 0.717) is 0 Å². The topological polar surface area (TPSA) is 41.6 Å². The van der Waals surface area contributed by atoms with Crippen molar-refractivity contribution in [3.8, 4) is 11.1 Å². The Kier molecular flexibility index (Phi) is 3.11. The van der Waals surface area contributed by atoms with E-state index in [-0.39, 0.29) is 0 Å². The third-order valence-electron chi connectivity index (χ3n) is 3.07. The highest BCUT2D eigenvalue weighted by atomic mass is 15.2. The minimum atomic E-state index is 0.763. The van der Waals surface area contributed by atoms with Crippen LogP contribution in [0.2, 0.25) is 0 Å². The van der Waals surface area contributed by atoms with Gasteiger partial charge in [0.15, 0.2) is 5.82 Å². The minimum absolute atomic E-state index is 0.763. The van der Waals surface area contributed by atoms with Gasteiger partial charge in [0.25, 0.3) is 0 Å². The van der Waals surface area contributed by atoms with Crippen LogP contribution in [0, 0.1) is 6.92 Å². The summed E-state index contributed by atoms with van der Waals surface area (Å²) in [5.74, 6) is 1.70. The maximum absolute atomic E-state index is 4.32. The molecule has 0 spiro atoms. The standard InChI is InChI=1S/C16H15N3/c1-12-17-16(19-18-12)11-13-7-9-15(10-8-13)14-5-3-2-4-6-14/h2-10H,11H2,1H3,(H,17,18,19). The average Bonchev–Trinajstić information content (AvgIpc) is 2.86. The summed E-state index contributed by atoms with van der Waals surface area (Å²) < 4.78 is 0. The molecule has 3 heteroatoms. The van der Waals surface area contributed by atoms with Crippen LogP contribution in [0.3, 0.4) is 0 Å². The van der Waals surface area contributed by atoms with E-state index in [0.717, 1.165) is 18.1 Å². The number of hydrogen-bond donors (Lipinski definition) is 1. The lowest BCUT2D eigenvalue weighted by atomic mass is 10.0. The zero-order chi connectivity index (χ0) is 13.1. The summed E-state index contributed by atoms with van der Waals surface area (Å²) in [7, 11) is 0. The first-order valence-corrected chi connectivity index (χ1v) is 6.33. The van der Waals surface area contributed by atoms with Gasteiger partial charge in [0.05, 0.1) is 0 Å². The molecule has 0 fully saturated rings. The Morgan fingerprint density at radius 1 is 0.895 bits per heavy atom. The molecule has 0 unspecified atom stereocenters. The molecule has 0 saturated heterocycles. The third-order valence-corrected chi connectivity index (χ3v) is 3.07. The van der Waals surface area contributed by atoms with Gasteiger partial charge in [-0.2, -0.15) is 5.10 Å². The van der Waals surface area contributed by atoms with Gasteiger partial charge >= 0.3 is 0 Å². The van der Waals surface area contributed by atoms with E-state index in [9.17, 15) is 0 Å². The lowest BCUT2D eigenvalue weighted by Crippen LogP contribution is -1.91. The van der Waals surface area contributed by atoms with Crippen molar-refractivity contribution in [3.05, 3.63) is 71.8 Å². The van der Waals surface area contributed by atoms with Gasteiger partial charge in [-0.1, -0.05) is 54.6 Å². The zero-order valence-corrected chi connectivity index (χ0v) is 10.8. The van der Waals surface area contributed by atoms with Crippen molar-refractivity contribution in [1.29, 1.82) is 0 Å². The molecule has 1 N–H and O–H groups in total. The fourth-order valence-electron chi connectivity index (χ4n) is 2.10. The van der Waals surface area contributed by atoms with E-state index < -0.39 is 0 Å². The number of aromatic amines is 1. The highest BCUT2D eigenvalue weighted by molar-refractivity contribution is 5.63. The molecule has 0 radical (unpaired) electrons. The second-order valence-corrected chi connectivity index (χ2v) is 4.58. The molecule has 3 nitrogen and oxygen atoms in total. The molecule has 0 aliphatic carbocycles. The van der Waals surface area contributed by atoms with Gasteiger partial charge in [0.1, 0.15) is 5.82 Å². The second-order valence-electron chi connectivity index (χ2n) is 4.58. The maximum atomic E-state index is 4.32. The molecular weight excluding hydrogens is 234 g/mol. The highest BCUT2D eigenvalue weighted by Gasteiger charge is 2.02. The molecule has 94 valence electrons. The summed E-state index contributed by atoms with van der Waals surface area (Å²) in [6, 6.07) is 18.9. The second kappa shape index (κ2) is 5.06. The molecule has 0 saturated carbocycles. The molecule has 19 heavy (non-hydrogen) atoms. The summed E-state index contributed by atoms with van der Waals surface area (Å²) in [4.78, 5) is 4.32. The first kappa shape index (κ1) is 11.7. The first-order chi connectivity index (χ1) is 9.31. The quantitative estimate of drug-likeness (QED) is 0.773. The van der Waals surface area contributed by atoms with E-state index in [1.165, 1.54) is 16.7 Å². The molecule has 1 heterocycles. The first-order valence-electron chi connectivity index (χ1n) is 6.33. The van der Waals surface area contributed by atoms with Gasteiger partial charge in [-0.05, 0) is 23.6 Å². The van der Waals surface area contributed by atoms with E-state index in [1.807, 2.05) is 13.0 Å². The van der Waals surface area contributed by atoms with Crippen LogP contribution >= 0.6 is 0 Å². The molecule has 1 aromatic heterocycles.